The molecule has 1 aliphatic heterocycles. The van der Waals surface area contributed by atoms with Crippen molar-refractivity contribution in [2.75, 3.05) is 11.9 Å². The van der Waals surface area contributed by atoms with E-state index in [0.29, 0.717) is 0 Å². The average Bonchev–Trinajstić information content (AvgIpc) is 3.14. The first-order valence-electron chi connectivity index (χ1n) is 7.29. The van der Waals surface area contributed by atoms with Gasteiger partial charge in [-0.2, -0.15) is 18.3 Å². The molecule has 0 spiro atoms. The zero-order valence-corrected chi connectivity index (χ0v) is 13.9. The van der Waals surface area contributed by atoms with Gasteiger partial charge in [-0.05, 0) is 30.3 Å². The molecule has 2 heterocycles. The van der Waals surface area contributed by atoms with Gasteiger partial charge < -0.3 is 5.32 Å². The van der Waals surface area contributed by atoms with E-state index in [9.17, 15) is 26.7 Å². The Morgan fingerprint density at radius 1 is 1.23 bits per heavy atom. The lowest BCUT2D eigenvalue weighted by Crippen LogP contribution is -2.35. The molecule has 1 saturated heterocycles. The predicted molar refractivity (Wildman–Crippen MR) is 85.8 cm³/mol. The van der Waals surface area contributed by atoms with Gasteiger partial charge in [0.2, 0.25) is 5.91 Å². The number of hydrogen-bond donors (Lipinski definition) is 2. The third-order valence-corrected chi connectivity index (χ3v) is 3.74. The third kappa shape index (κ3) is 4.31. The molecule has 1 amide bonds. The largest absolute Gasteiger partial charge is 0.433 e. The van der Waals surface area contributed by atoms with Crippen LogP contribution in [0.25, 0.3) is 5.69 Å². The maximum atomic E-state index is 13.1. The molecule has 0 saturated carbocycles. The maximum absolute atomic E-state index is 13.1. The minimum atomic E-state index is -4.55. The quantitative estimate of drug-likeness (QED) is 0.783. The minimum absolute atomic E-state index is 0. The second-order valence-electron chi connectivity index (χ2n) is 5.66. The zero-order valence-electron chi connectivity index (χ0n) is 13.1. The fourth-order valence-electron chi connectivity index (χ4n) is 2.54. The Morgan fingerprint density at radius 2 is 1.88 bits per heavy atom. The highest BCUT2D eigenvalue weighted by Gasteiger charge is 2.42. The number of nitrogens with one attached hydrogen (secondary N) is 2. The number of carbonyl (C=O) groups is 1. The number of nitrogens with zero attached hydrogens (tertiary/aromatic N) is 2. The number of anilines is 1. The lowest BCUT2D eigenvalue weighted by molar-refractivity contribution is -0.142. The van der Waals surface area contributed by atoms with Gasteiger partial charge in [-0.15, -0.1) is 12.4 Å². The van der Waals surface area contributed by atoms with E-state index in [-0.39, 0.29) is 23.8 Å². The molecule has 3 rings (SSSR count). The van der Waals surface area contributed by atoms with Crippen LogP contribution in [0.4, 0.5) is 27.6 Å². The molecule has 1 atom stereocenters. The molecule has 5 nitrogen and oxygen atoms in total. The van der Waals surface area contributed by atoms with E-state index in [2.05, 4.69) is 15.7 Å². The molecule has 142 valence electrons. The summed E-state index contributed by atoms with van der Waals surface area (Å²) in [4.78, 5) is 11.9. The first kappa shape index (κ1) is 20.1. The normalized spacial score (nSPS) is 19.0. The monoisotopic (exact) mass is 396 g/mol. The summed E-state index contributed by atoms with van der Waals surface area (Å²) in [5.74, 6) is -3.56. The smallest absolute Gasteiger partial charge is 0.325 e. The van der Waals surface area contributed by atoms with Gasteiger partial charge >= 0.3 is 6.18 Å². The molecule has 1 aromatic carbocycles. The summed E-state index contributed by atoms with van der Waals surface area (Å²) in [6.45, 7) is -0.566. The van der Waals surface area contributed by atoms with Crippen LogP contribution >= 0.6 is 12.4 Å². The molecule has 2 N–H and O–H groups in total. The number of halogens is 6. The number of aromatic nitrogens is 2. The molecular formula is C15H14ClF5N4O. The number of benzene rings is 1. The molecule has 1 aromatic heterocycles. The van der Waals surface area contributed by atoms with Gasteiger partial charge in [0.25, 0.3) is 5.92 Å². The first-order valence-corrected chi connectivity index (χ1v) is 7.29. The Balaban J connectivity index is 0.00000243. The number of carbonyl (C=O) groups excluding carboxylic acids is 1. The fourth-order valence-corrected chi connectivity index (χ4v) is 2.54. The molecule has 26 heavy (non-hydrogen) atoms. The van der Waals surface area contributed by atoms with E-state index in [0.717, 1.165) is 16.9 Å². The van der Waals surface area contributed by atoms with Crippen molar-refractivity contribution >= 4 is 24.0 Å². The summed E-state index contributed by atoms with van der Waals surface area (Å²) in [7, 11) is 0. The van der Waals surface area contributed by atoms with E-state index in [1.807, 2.05) is 0 Å². The third-order valence-electron chi connectivity index (χ3n) is 3.74. The number of alkyl halides is 5. The van der Waals surface area contributed by atoms with Crippen molar-refractivity contribution in [3.05, 3.63) is 42.2 Å². The molecule has 0 aliphatic carbocycles. The van der Waals surface area contributed by atoms with E-state index < -0.39 is 42.7 Å². The van der Waals surface area contributed by atoms with Gasteiger partial charge in [0.1, 0.15) is 5.69 Å². The average molecular weight is 397 g/mol. The molecule has 1 aliphatic rings. The second-order valence-corrected chi connectivity index (χ2v) is 5.66. The SMILES string of the molecule is Cl.O=C(Nc1ccc(-n2nccc2C(F)(F)F)cc1)C1CC(F)(F)CN1. The Morgan fingerprint density at radius 3 is 2.42 bits per heavy atom. The minimum Gasteiger partial charge on any atom is -0.325 e. The van der Waals surface area contributed by atoms with Crippen LogP contribution < -0.4 is 10.6 Å². The van der Waals surface area contributed by atoms with E-state index >= 15 is 0 Å². The van der Waals surface area contributed by atoms with Crippen molar-refractivity contribution in [1.82, 2.24) is 15.1 Å². The van der Waals surface area contributed by atoms with Crippen LogP contribution in [-0.2, 0) is 11.0 Å². The van der Waals surface area contributed by atoms with Crippen molar-refractivity contribution in [3.63, 3.8) is 0 Å². The van der Waals surface area contributed by atoms with Crippen LogP contribution in [-0.4, -0.2) is 34.2 Å². The van der Waals surface area contributed by atoms with Gasteiger partial charge in [0, 0.05) is 12.1 Å². The first-order chi connectivity index (χ1) is 11.7. The highest BCUT2D eigenvalue weighted by atomic mass is 35.5. The molecule has 2 aromatic rings. The molecule has 0 radical (unpaired) electrons. The summed E-state index contributed by atoms with van der Waals surface area (Å²) < 4.78 is 65.5. The topological polar surface area (TPSA) is 59.0 Å². The Hall–Kier alpha value is -2.20. The van der Waals surface area contributed by atoms with Gasteiger partial charge in [-0.3, -0.25) is 10.1 Å². The van der Waals surface area contributed by atoms with Gasteiger partial charge in [0.15, 0.2) is 0 Å². The van der Waals surface area contributed by atoms with Crippen molar-refractivity contribution in [2.24, 2.45) is 0 Å². The maximum Gasteiger partial charge on any atom is 0.433 e. The molecule has 11 heteroatoms. The number of rotatable bonds is 3. The highest BCUT2D eigenvalue weighted by molar-refractivity contribution is 5.95. The second kappa shape index (κ2) is 7.20. The fraction of sp³-hybridized carbons (Fsp3) is 0.333. The Bertz CT molecular complexity index is 775. The molecular weight excluding hydrogens is 383 g/mol. The highest BCUT2D eigenvalue weighted by Crippen LogP contribution is 2.31. The van der Waals surface area contributed by atoms with Crippen LogP contribution in [0.2, 0.25) is 0 Å². The summed E-state index contributed by atoms with van der Waals surface area (Å²) >= 11 is 0. The summed E-state index contributed by atoms with van der Waals surface area (Å²) in [6, 6.07) is 5.27. The van der Waals surface area contributed by atoms with Gasteiger partial charge in [0.05, 0.1) is 24.5 Å². The van der Waals surface area contributed by atoms with Crippen molar-refractivity contribution < 1.29 is 26.7 Å². The predicted octanol–water partition coefficient (Wildman–Crippen LogP) is 3.25. The lowest BCUT2D eigenvalue weighted by atomic mass is 10.2. The Labute approximate surface area is 151 Å². The summed E-state index contributed by atoms with van der Waals surface area (Å²) in [6.07, 6.45) is -4.12. The van der Waals surface area contributed by atoms with E-state index in [1.54, 1.807) is 0 Å². The standard InChI is InChI=1S/C15H13F5N4O.ClH/c16-14(17)7-11(21-8-14)13(25)23-9-1-3-10(4-2-9)24-12(5-6-22-24)15(18,19)20;/h1-6,11,21H,7-8H2,(H,23,25);1H. The zero-order chi connectivity index (χ0) is 18.2. The number of amides is 1. The van der Waals surface area contributed by atoms with Crippen LogP contribution in [0, 0.1) is 0 Å². The van der Waals surface area contributed by atoms with Gasteiger partial charge in [-0.1, -0.05) is 0 Å². The summed E-state index contributed by atoms with van der Waals surface area (Å²) in [5, 5.41) is 8.51. The molecule has 1 fully saturated rings. The van der Waals surface area contributed by atoms with Crippen molar-refractivity contribution in [2.45, 2.75) is 24.6 Å². The lowest BCUT2D eigenvalue weighted by Gasteiger charge is -2.13. The number of hydrogen-bond acceptors (Lipinski definition) is 3. The van der Waals surface area contributed by atoms with E-state index in [4.69, 9.17) is 0 Å². The molecule has 1 unspecified atom stereocenters. The van der Waals surface area contributed by atoms with Crippen LogP contribution in [0.15, 0.2) is 36.5 Å². The van der Waals surface area contributed by atoms with Crippen LogP contribution in [0.5, 0.6) is 0 Å². The van der Waals surface area contributed by atoms with Crippen LogP contribution in [0.1, 0.15) is 12.1 Å². The van der Waals surface area contributed by atoms with Crippen molar-refractivity contribution in [1.29, 1.82) is 0 Å². The Kier molecular flexibility index (Phi) is 5.57. The van der Waals surface area contributed by atoms with Crippen LogP contribution in [0.3, 0.4) is 0 Å². The molecule has 0 bridgehead atoms. The van der Waals surface area contributed by atoms with Crippen molar-refractivity contribution in [3.8, 4) is 5.69 Å². The van der Waals surface area contributed by atoms with E-state index in [1.165, 1.54) is 24.3 Å². The van der Waals surface area contributed by atoms with Gasteiger partial charge in [-0.25, -0.2) is 13.5 Å². The summed E-state index contributed by atoms with van der Waals surface area (Å²) in [5.41, 5.74) is -0.492.